The largest absolute Gasteiger partial charge is 0.445 e. The summed E-state index contributed by atoms with van der Waals surface area (Å²) in [6, 6.07) is 59.4. The fraction of sp³-hybridized carbons (Fsp3) is 0.214. The summed E-state index contributed by atoms with van der Waals surface area (Å²) in [6.07, 6.45) is 2.99. The van der Waals surface area contributed by atoms with Gasteiger partial charge in [0.1, 0.15) is 23.2 Å². The van der Waals surface area contributed by atoms with Crippen LogP contribution in [0.5, 0.6) is 0 Å². The summed E-state index contributed by atoms with van der Waals surface area (Å²) in [7, 11) is 0. The predicted molar refractivity (Wildman–Crippen MR) is 264 cm³/mol. The number of amides is 2. The number of hydrogen-bond acceptors (Lipinski definition) is 9. The Morgan fingerprint density at radius 3 is 1.39 bits per heavy atom. The summed E-state index contributed by atoms with van der Waals surface area (Å²) in [4.78, 5) is 39.3. The average molecular weight is 925 g/mol. The van der Waals surface area contributed by atoms with E-state index in [2.05, 4.69) is 53.9 Å². The maximum absolute atomic E-state index is 12.9. The van der Waals surface area contributed by atoms with E-state index >= 15 is 0 Å². The molecule has 2 aromatic heterocycles. The van der Waals surface area contributed by atoms with E-state index in [1.54, 1.807) is 16.2 Å². The Hall–Kier alpha value is -6.92. The van der Waals surface area contributed by atoms with Crippen LogP contribution in [-0.2, 0) is 28.3 Å². The Morgan fingerprint density at radius 1 is 0.552 bits per heavy atom. The van der Waals surface area contributed by atoms with Crippen molar-refractivity contribution >= 4 is 34.9 Å². The summed E-state index contributed by atoms with van der Waals surface area (Å²) in [5, 5.41) is 17.9. The van der Waals surface area contributed by atoms with Crippen molar-refractivity contribution < 1.29 is 24.2 Å². The molecule has 2 aliphatic heterocycles. The maximum Gasteiger partial charge on any atom is 0.410 e. The molecule has 0 spiro atoms. The van der Waals surface area contributed by atoms with Crippen LogP contribution in [0.2, 0.25) is 0 Å². The molecule has 6 aromatic carbocycles. The normalized spacial score (nSPS) is 15.8. The molecule has 2 atom stereocenters. The summed E-state index contributed by atoms with van der Waals surface area (Å²) >= 11 is 3.12. The van der Waals surface area contributed by atoms with Gasteiger partial charge in [-0.05, 0) is 59.1 Å². The van der Waals surface area contributed by atoms with E-state index in [1.165, 1.54) is 22.5 Å². The highest BCUT2D eigenvalue weighted by Gasteiger charge is 2.39. The molecule has 2 amide bonds. The zero-order valence-corrected chi connectivity index (χ0v) is 38.7. The van der Waals surface area contributed by atoms with E-state index in [-0.39, 0.29) is 43.4 Å². The molecule has 2 aliphatic rings. The fourth-order valence-corrected chi connectivity index (χ4v) is 10.9. The number of aliphatic hydroxyl groups is 1. The third-order valence-electron chi connectivity index (χ3n) is 12.3. The maximum atomic E-state index is 12.9. The molecule has 67 heavy (non-hydrogen) atoms. The first-order chi connectivity index (χ1) is 33.0. The zero-order chi connectivity index (χ0) is 45.8. The Morgan fingerprint density at radius 2 is 0.940 bits per heavy atom. The number of ether oxygens (including phenoxy) is 2. The number of nitrogens with zero attached hydrogens (tertiary/aromatic N) is 4. The van der Waals surface area contributed by atoms with E-state index in [0.29, 0.717) is 18.8 Å². The van der Waals surface area contributed by atoms with Gasteiger partial charge in [0.2, 0.25) is 0 Å². The van der Waals surface area contributed by atoms with Crippen molar-refractivity contribution in [2.45, 2.75) is 62.5 Å². The molecular weight excluding hydrogens is 873 g/mol. The lowest BCUT2D eigenvalue weighted by atomic mass is 9.84. The van der Waals surface area contributed by atoms with Crippen LogP contribution >= 0.6 is 22.7 Å². The SMILES string of the molecule is O=C(OCc1ccccc1)N1CCCC1c1nc(C(O)(c2ccccc2)c2ccccc2)cs1.O=C(OCc1ccccc1)N1CCCC1c1nc(C(c2ccccc2)c2ccccc2)cs1. The average Bonchev–Trinajstić information content (AvgIpc) is 4.25. The number of thiazole rings is 2. The lowest BCUT2D eigenvalue weighted by molar-refractivity contribution is 0.0911. The lowest BCUT2D eigenvalue weighted by Gasteiger charge is -2.28. The van der Waals surface area contributed by atoms with Gasteiger partial charge in [-0.2, -0.15) is 0 Å². The molecule has 9 nitrogen and oxygen atoms in total. The van der Waals surface area contributed by atoms with Gasteiger partial charge in [-0.25, -0.2) is 19.6 Å². The van der Waals surface area contributed by atoms with Crippen molar-refractivity contribution in [2.75, 3.05) is 13.1 Å². The number of aromatic nitrogens is 2. The van der Waals surface area contributed by atoms with E-state index in [9.17, 15) is 14.7 Å². The second kappa shape index (κ2) is 21.6. The van der Waals surface area contributed by atoms with Crippen LogP contribution in [0.15, 0.2) is 193 Å². The second-order valence-corrected chi connectivity index (χ2v) is 18.4. The highest BCUT2D eigenvalue weighted by molar-refractivity contribution is 7.10. The number of rotatable bonds is 12. The Kier molecular flexibility index (Phi) is 14.6. The first-order valence-electron chi connectivity index (χ1n) is 22.7. The Balaban J connectivity index is 0.000000168. The molecule has 0 aliphatic carbocycles. The summed E-state index contributed by atoms with van der Waals surface area (Å²) in [6.45, 7) is 1.87. The molecular formula is C56H52N4O5S2. The Labute approximate surface area is 400 Å². The van der Waals surface area contributed by atoms with Crippen LogP contribution in [0.25, 0.3) is 0 Å². The van der Waals surface area contributed by atoms with Crippen LogP contribution in [-0.4, -0.2) is 50.2 Å². The molecule has 1 N–H and O–H groups in total. The molecule has 2 unspecified atom stereocenters. The number of likely N-dealkylation sites (tertiary alicyclic amines) is 2. The molecule has 8 aromatic rings. The number of hydrogen-bond donors (Lipinski definition) is 1. The van der Waals surface area contributed by atoms with Gasteiger partial charge in [0.25, 0.3) is 0 Å². The van der Waals surface area contributed by atoms with E-state index in [0.717, 1.165) is 63.6 Å². The Bertz CT molecular complexity index is 2720. The van der Waals surface area contributed by atoms with E-state index in [4.69, 9.17) is 19.4 Å². The zero-order valence-electron chi connectivity index (χ0n) is 37.0. The van der Waals surface area contributed by atoms with E-state index < -0.39 is 5.60 Å². The highest BCUT2D eigenvalue weighted by atomic mass is 32.1. The van der Waals surface area contributed by atoms with Gasteiger partial charge >= 0.3 is 12.2 Å². The highest BCUT2D eigenvalue weighted by Crippen LogP contribution is 2.41. The number of benzene rings is 6. The van der Waals surface area contributed by atoms with Gasteiger partial charge in [-0.15, -0.1) is 22.7 Å². The molecule has 11 heteroatoms. The minimum Gasteiger partial charge on any atom is -0.445 e. The smallest absolute Gasteiger partial charge is 0.410 e. The minimum atomic E-state index is -1.38. The van der Waals surface area contributed by atoms with Crippen molar-refractivity contribution in [3.63, 3.8) is 0 Å². The van der Waals surface area contributed by atoms with Crippen LogP contribution in [0.4, 0.5) is 9.59 Å². The second-order valence-electron chi connectivity index (χ2n) is 16.7. The monoisotopic (exact) mass is 924 g/mol. The van der Waals surface area contributed by atoms with Crippen LogP contribution in [0.3, 0.4) is 0 Å². The summed E-state index contributed by atoms with van der Waals surface area (Å²) in [5.41, 5.74) is 6.09. The predicted octanol–water partition coefficient (Wildman–Crippen LogP) is 12.7. The molecule has 338 valence electrons. The van der Waals surface area contributed by atoms with Gasteiger partial charge in [0.05, 0.1) is 29.4 Å². The quantitative estimate of drug-likeness (QED) is 0.130. The molecule has 0 radical (unpaired) electrons. The van der Waals surface area contributed by atoms with Crippen molar-refractivity contribution in [1.29, 1.82) is 0 Å². The molecule has 4 heterocycles. The standard InChI is InChI=1S/C28H26N2O3S.C28H26N2O2S/c31-27(33-19-21-11-4-1-5-12-21)30-18-10-17-24(30)26-29-25(20-34-26)28(32,22-13-6-2-7-14-22)23-15-8-3-9-16-23;31-28(32-19-21-11-4-1-5-12-21)30-18-10-17-25(30)27-29-24(20-33-27)26(22-13-6-2-7-14-22)23-15-8-3-9-16-23/h1-9,11-16,20,24,32H,10,17-19H2;1-9,11-16,20,25-26H,10,17-19H2. The van der Waals surface area contributed by atoms with Crippen LogP contribution in [0, 0.1) is 0 Å². The van der Waals surface area contributed by atoms with E-state index in [1.807, 2.05) is 144 Å². The molecule has 2 saturated heterocycles. The number of carbonyl (C=O) groups excluding carboxylic acids is 2. The molecule has 2 fully saturated rings. The number of carbonyl (C=O) groups is 2. The topological polar surface area (TPSA) is 105 Å². The van der Waals surface area contributed by atoms with Crippen LogP contribution in [0.1, 0.15) is 98.5 Å². The van der Waals surface area contributed by atoms with Crippen molar-refractivity contribution in [3.8, 4) is 0 Å². The fourth-order valence-electron chi connectivity index (χ4n) is 8.93. The molecule has 10 rings (SSSR count). The van der Waals surface area contributed by atoms with Gasteiger partial charge < -0.3 is 14.6 Å². The third-order valence-corrected chi connectivity index (χ3v) is 14.2. The van der Waals surface area contributed by atoms with Gasteiger partial charge in [0, 0.05) is 23.8 Å². The third kappa shape index (κ3) is 10.5. The molecule has 0 bridgehead atoms. The minimum absolute atomic E-state index is 0.0285. The first kappa shape index (κ1) is 45.2. The summed E-state index contributed by atoms with van der Waals surface area (Å²) in [5.74, 6) is 0.0669. The summed E-state index contributed by atoms with van der Waals surface area (Å²) < 4.78 is 11.2. The van der Waals surface area contributed by atoms with Crippen molar-refractivity contribution in [2.24, 2.45) is 0 Å². The van der Waals surface area contributed by atoms with Crippen molar-refractivity contribution in [3.05, 3.63) is 248 Å². The lowest BCUT2D eigenvalue weighted by Crippen LogP contribution is -2.32. The van der Waals surface area contributed by atoms with Gasteiger partial charge in [-0.3, -0.25) is 9.80 Å². The molecule has 0 saturated carbocycles. The first-order valence-corrected chi connectivity index (χ1v) is 24.5. The van der Waals surface area contributed by atoms with Crippen molar-refractivity contribution in [1.82, 2.24) is 19.8 Å². The van der Waals surface area contributed by atoms with Gasteiger partial charge in [0.15, 0.2) is 5.60 Å². The van der Waals surface area contributed by atoms with Crippen LogP contribution < -0.4 is 0 Å². The van der Waals surface area contributed by atoms with Gasteiger partial charge in [-0.1, -0.05) is 182 Å².